The number of methoxy groups -OCH3 is 3. The molecule has 148 valence electrons. The molecule has 0 amide bonds. The Bertz CT molecular complexity index is 1180. The number of ether oxygens (including phenoxy) is 3. The third-order valence-electron chi connectivity index (χ3n) is 4.92. The zero-order valence-electron chi connectivity index (χ0n) is 16.6. The van der Waals surface area contributed by atoms with Gasteiger partial charge in [-0.3, -0.25) is 9.48 Å². The molecule has 6 nitrogen and oxygen atoms in total. The third kappa shape index (κ3) is 3.23. The van der Waals surface area contributed by atoms with Crippen molar-refractivity contribution in [1.29, 1.82) is 0 Å². The fourth-order valence-electron chi connectivity index (χ4n) is 3.57. The lowest BCUT2D eigenvalue weighted by molar-refractivity contribution is 0.324. The summed E-state index contributed by atoms with van der Waals surface area (Å²) in [4.78, 5) is 13.3. The Labute approximate surface area is 168 Å². The topological polar surface area (TPSA) is 54.6 Å². The van der Waals surface area contributed by atoms with Crippen molar-refractivity contribution in [2.45, 2.75) is 6.54 Å². The Morgan fingerprint density at radius 2 is 1.41 bits per heavy atom. The summed E-state index contributed by atoms with van der Waals surface area (Å²) in [6.45, 7) is 0.542. The highest BCUT2D eigenvalue weighted by molar-refractivity contribution is 5.79. The summed E-state index contributed by atoms with van der Waals surface area (Å²) in [6.07, 6.45) is 0. The van der Waals surface area contributed by atoms with Crippen LogP contribution in [-0.2, 0) is 6.54 Å². The van der Waals surface area contributed by atoms with Gasteiger partial charge in [0.1, 0.15) is 0 Å². The van der Waals surface area contributed by atoms with Crippen LogP contribution in [0.2, 0.25) is 0 Å². The predicted molar refractivity (Wildman–Crippen MR) is 113 cm³/mol. The predicted octanol–water partition coefficient (Wildman–Crippen LogP) is 3.87. The van der Waals surface area contributed by atoms with E-state index in [1.165, 1.54) is 0 Å². The lowest BCUT2D eigenvalue weighted by Crippen LogP contribution is -2.22. The minimum absolute atomic E-state index is 0.106. The number of hydrogen-bond acceptors (Lipinski definition) is 4. The van der Waals surface area contributed by atoms with Gasteiger partial charge in [0.25, 0.3) is 5.56 Å². The summed E-state index contributed by atoms with van der Waals surface area (Å²) in [6, 6.07) is 21.2. The van der Waals surface area contributed by atoms with Crippen molar-refractivity contribution in [2.24, 2.45) is 0 Å². The summed E-state index contributed by atoms with van der Waals surface area (Å²) in [5.41, 5.74) is 2.48. The highest BCUT2D eigenvalue weighted by Gasteiger charge is 2.19. The van der Waals surface area contributed by atoms with Crippen LogP contribution in [0.5, 0.6) is 17.2 Å². The largest absolute Gasteiger partial charge is 0.493 e. The highest BCUT2D eigenvalue weighted by Crippen LogP contribution is 2.39. The van der Waals surface area contributed by atoms with Crippen molar-refractivity contribution in [1.82, 2.24) is 9.36 Å². The Kier molecular flexibility index (Phi) is 4.99. The average Bonchev–Trinajstić information content (AvgIpc) is 3.05. The average molecular weight is 390 g/mol. The van der Waals surface area contributed by atoms with E-state index in [0.29, 0.717) is 34.9 Å². The molecule has 0 N–H and O–H groups in total. The molecule has 3 aromatic carbocycles. The number of aromatic nitrogens is 2. The van der Waals surface area contributed by atoms with E-state index in [2.05, 4.69) is 0 Å². The van der Waals surface area contributed by atoms with Crippen LogP contribution in [0.1, 0.15) is 5.56 Å². The van der Waals surface area contributed by atoms with E-state index in [1.807, 2.05) is 59.3 Å². The molecular formula is C23H22N2O4. The fourth-order valence-corrected chi connectivity index (χ4v) is 3.57. The van der Waals surface area contributed by atoms with Gasteiger partial charge in [-0.2, -0.15) is 0 Å². The Balaban J connectivity index is 2.00. The molecule has 4 rings (SSSR count). The van der Waals surface area contributed by atoms with Crippen LogP contribution >= 0.6 is 0 Å². The van der Waals surface area contributed by atoms with E-state index >= 15 is 0 Å². The van der Waals surface area contributed by atoms with Crippen LogP contribution in [0, 0.1) is 0 Å². The third-order valence-corrected chi connectivity index (χ3v) is 4.92. The second-order valence-corrected chi connectivity index (χ2v) is 6.56. The van der Waals surface area contributed by atoms with Crippen LogP contribution in [0.25, 0.3) is 16.6 Å². The maximum absolute atomic E-state index is 13.3. The molecule has 1 aromatic heterocycles. The smallest absolute Gasteiger partial charge is 0.279 e. The van der Waals surface area contributed by atoms with Crippen LogP contribution in [-0.4, -0.2) is 30.7 Å². The first-order valence-corrected chi connectivity index (χ1v) is 9.22. The number of rotatable bonds is 6. The lowest BCUT2D eigenvalue weighted by atomic mass is 10.2. The monoisotopic (exact) mass is 390 g/mol. The van der Waals surface area contributed by atoms with E-state index in [0.717, 1.165) is 11.1 Å². The molecule has 0 atom stereocenters. The number of benzene rings is 3. The summed E-state index contributed by atoms with van der Waals surface area (Å²) >= 11 is 0. The van der Waals surface area contributed by atoms with E-state index in [-0.39, 0.29) is 5.56 Å². The quantitative estimate of drug-likeness (QED) is 0.502. The minimum Gasteiger partial charge on any atom is -0.493 e. The first-order chi connectivity index (χ1) is 14.2. The van der Waals surface area contributed by atoms with Gasteiger partial charge >= 0.3 is 0 Å². The number of para-hydroxylation sites is 1. The van der Waals surface area contributed by atoms with Gasteiger partial charge in [-0.15, -0.1) is 0 Å². The Morgan fingerprint density at radius 3 is 2.03 bits per heavy atom. The highest BCUT2D eigenvalue weighted by atomic mass is 16.5. The van der Waals surface area contributed by atoms with Gasteiger partial charge in [0.15, 0.2) is 11.5 Å². The van der Waals surface area contributed by atoms with Crippen molar-refractivity contribution >= 4 is 10.9 Å². The molecule has 0 unspecified atom stereocenters. The van der Waals surface area contributed by atoms with Crippen LogP contribution in [0.4, 0.5) is 0 Å². The molecule has 0 spiro atoms. The summed E-state index contributed by atoms with van der Waals surface area (Å²) in [7, 11) is 4.67. The normalized spacial score (nSPS) is 10.9. The van der Waals surface area contributed by atoms with Gasteiger partial charge < -0.3 is 14.2 Å². The molecule has 6 heteroatoms. The fraction of sp³-hybridized carbons (Fsp3) is 0.174. The molecule has 0 saturated carbocycles. The van der Waals surface area contributed by atoms with E-state index in [9.17, 15) is 4.79 Å². The van der Waals surface area contributed by atoms with Crippen molar-refractivity contribution in [3.8, 4) is 22.9 Å². The number of fused-ring (bicyclic) bond motifs is 1. The zero-order valence-corrected chi connectivity index (χ0v) is 16.6. The van der Waals surface area contributed by atoms with E-state index < -0.39 is 0 Å². The van der Waals surface area contributed by atoms with Crippen molar-refractivity contribution in [3.05, 3.63) is 82.6 Å². The second-order valence-electron chi connectivity index (χ2n) is 6.56. The first kappa shape index (κ1) is 18.7. The van der Waals surface area contributed by atoms with Crippen molar-refractivity contribution in [3.63, 3.8) is 0 Å². The molecule has 0 aliphatic rings. The second kappa shape index (κ2) is 7.75. The molecule has 0 aliphatic carbocycles. The standard InChI is InChI=1S/C23H22N2O4/c1-27-20-13-17(14-21(28-2)22(20)29-3)25-23(26)18-11-7-8-12-19(18)24(25)15-16-9-5-4-6-10-16/h4-14H,15H2,1-3H3. The maximum Gasteiger partial charge on any atom is 0.279 e. The molecule has 0 radical (unpaired) electrons. The Hall–Kier alpha value is -3.67. The van der Waals surface area contributed by atoms with Crippen LogP contribution in [0.15, 0.2) is 71.5 Å². The molecule has 0 fully saturated rings. The summed E-state index contributed by atoms with van der Waals surface area (Å²) in [5, 5.41) is 0.650. The van der Waals surface area contributed by atoms with Crippen LogP contribution in [0.3, 0.4) is 0 Å². The molecule has 0 bridgehead atoms. The number of hydrogen-bond donors (Lipinski definition) is 0. The Morgan fingerprint density at radius 1 is 0.793 bits per heavy atom. The maximum atomic E-state index is 13.3. The molecule has 0 saturated heterocycles. The molecule has 1 heterocycles. The van der Waals surface area contributed by atoms with Crippen LogP contribution < -0.4 is 19.8 Å². The first-order valence-electron chi connectivity index (χ1n) is 9.22. The lowest BCUT2D eigenvalue weighted by Gasteiger charge is -2.17. The van der Waals surface area contributed by atoms with E-state index in [4.69, 9.17) is 14.2 Å². The molecule has 4 aromatic rings. The minimum atomic E-state index is -0.106. The number of nitrogens with zero attached hydrogens (tertiary/aromatic N) is 2. The van der Waals surface area contributed by atoms with Gasteiger partial charge in [0.2, 0.25) is 5.75 Å². The van der Waals surface area contributed by atoms with E-state index in [1.54, 1.807) is 38.1 Å². The van der Waals surface area contributed by atoms with Crippen molar-refractivity contribution in [2.75, 3.05) is 21.3 Å². The van der Waals surface area contributed by atoms with Gasteiger partial charge in [0.05, 0.1) is 44.5 Å². The SMILES string of the molecule is COc1cc(-n2c(=O)c3ccccc3n2Cc2ccccc2)cc(OC)c1OC. The van der Waals surface area contributed by atoms with Gasteiger partial charge in [-0.05, 0) is 17.7 Å². The van der Waals surface area contributed by atoms with Crippen molar-refractivity contribution < 1.29 is 14.2 Å². The summed E-state index contributed by atoms with van der Waals surface area (Å²) < 4.78 is 20.0. The molecular weight excluding hydrogens is 368 g/mol. The molecule has 0 aliphatic heterocycles. The van der Waals surface area contributed by atoms with Gasteiger partial charge in [-0.1, -0.05) is 42.5 Å². The molecule has 29 heavy (non-hydrogen) atoms. The van der Waals surface area contributed by atoms with Gasteiger partial charge in [-0.25, -0.2) is 4.68 Å². The summed E-state index contributed by atoms with van der Waals surface area (Å²) in [5.74, 6) is 1.47. The zero-order chi connectivity index (χ0) is 20.4. The van der Waals surface area contributed by atoms with Gasteiger partial charge in [0, 0.05) is 12.1 Å².